The molecule has 1 aliphatic rings. The summed E-state index contributed by atoms with van der Waals surface area (Å²) in [4.78, 5) is 18.4. The van der Waals surface area contributed by atoms with E-state index in [1.807, 2.05) is 0 Å². The summed E-state index contributed by atoms with van der Waals surface area (Å²) in [7, 11) is 0. The zero-order chi connectivity index (χ0) is 16.4. The lowest BCUT2D eigenvalue weighted by molar-refractivity contribution is -0.117. The maximum Gasteiger partial charge on any atom is 0.249 e. The van der Waals surface area contributed by atoms with Gasteiger partial charge in [0.15, 0.2) is 0 Å². The highest BCUT2D eigenvalue weighted by molar-refractivity contribution is 6.42. The first kappa shape index (κ1) is 15.6. The Morgan fingerprint density at radius 3 is 2.87 bits per heavy atom. The minimum atomic E-state index is -0.425. The van der Waals surface area contributed by atoms with E-state index in [1.165, 1.54) is 0 Å². The van der Waals surface area contributed by atoms with Gasteiger partial charge in [-0.2, -0.15) is 5.26 Å². The van der Waals surface area contributed by atoms with Gasteiger partial charge in [0.05, 0.1) is 15.6 Å². The number of amides is 1. The van der Waals surface area contributed by atoms with Crippen molar-refractivity contribution in [2.75, 3.05) is 16.8 Å². The van der Waals surface area contributed by atoms with Crippen molar-refractivity contribution in [3.05, 3.63) is 52.1 Å². The summed E-state index contributed by atoms with van der Waals surface area (Å²) in [6, 6.07) is 10.1. The van der Waals surface area contributed by atoms with Gasteiger partial charge in [0.2, 0.25) is 5.91 Å². The zero-order valence-corrected chi connectivity index (χ0v) is 13.5. The second kappa shape index (κ2) is 6.45. The van der Waals surface area contributed by atoms with Crippen molar-refractivity contribution < 1.29 is 4.79 Å². The van der Waals surface area contributed by atoms with Crippen LogP contribution in [-0.4, -0.2) is 23.5 Å². The predicted octanol–water partition coefficient (Wildman–Crippen LogP) is 3.48. The molecule has 0 aliphatic carbocycles. The van der Waals surface area contributed by atoms with Crippen LogP contribution in [0.5, 0.6) is 0 Å². The molecule has 2 aromatic rings. The van der Waals surface area contributed by atoms with E-state index in [-0.39, 0.29) is 5.91 Å². The van der Waals surface area contributed by atoms with Gasteiger partial charge in [-0.25, -0.2) is 4.98 Å². The number of hydrogen-bond acceptors (Lipinski definition) is 4. The number of anilines is 2. The van der Waals surface area contributed by atoms with Gasteiger partial charge in [0.25, 0.3) is 0 Å². The maximum atomic E-state index is 12.6. The molecular formula is C16H12Cl2N4O. The summed E-state index contributed by atoms with van der Waals surface area (Å²) >= 11 is 11.9. The normalized spacial score (nSPS) is 17.2. The average molecular weight is 347 g/mol. The summed E-state index contributed by atoms with van der Waals surface area (Å²) in [5.41, 5.74) is 1.11. The van der Waals surface area contributed by atoms with E-state index < -0.39 is 6.04 Å². The van der Waals surface area contributed by atoms with Gasteiger partial charge in [-0.15, -0.1) is 0 Å². The van der Waals surface area contributed by atoms with Crippen LogP contribution in [0.4, 0.5) is 11.5 Å². The number of carbonyl (C=O) groups is 1. The molecule has 116 valence electrons. The summed E-state index contributed by atoms with van der Waals surface area (Å²) in [5, 5.41) is 13.0. The predicted molar refractivity (Wildman–Crippen MR) is 89.8 cm³/mol. The van der Waals surface area contributed by atoms with E-state index in [9.17, 15) is 4.79 Å². The molecule has 5 nitrogen and oxygen atoms in total. The Bertz CT molecular complexity index is 803. The molecule has 2 heterocycles. The Labute approximate surface area is 143 Å². The number of nitrogens with one attached hydrogen (secondary N) is 1. The third kappa shape index (κ3) is 3.09. The lowest BCUT2D eigenvalue weighted by atomic mass is 10.2. The second-order valence-corrected chi connectivity index (χ2v) is 5.90. The van der Waals surface area contributed by atoms with Crippen molar-refractivity contribution in [3.8, 4) is 6.07 Å². The summed E-state index contributed by atoms with van der Waals surface area (Å²) < 4.78 is 0. The molecule has 1 amide bonds. The first-order valence-corrected chi connectivity index (χ1v) is 7.74. The van der Waals surface area contributed by atoms with Crippen LogP contribution in [0.15, 0.2) is 36.5 Å². The molecule has 0 radical (unpaired) electrons. The molecule has 1 aliphatic heterocycles. The summed E-state index contributed by atoms with van der Waals surface area (Å²) in [6.07, 6.45) is 2.19. The molecule has 1 aromatic heterocycles. The molecular weight excluding hydrogens is 335 g/mol. The smallest absolute Gasteiger partial charge is 0.249 e. The lowest BCUT2D eigenvalue weighted by Crippen LogP contribution is -2.33. The highest BCUT2D eigenvalue weighted by Crippen LogP contribution is 2.30. The van der Waals surface area contributed by atoms with Crippen molar-refractivity contribution in [2.45, 2.75) is 12.5 Å². The zero-order valence-electron chi connectivity index (χ0n) is 12.0. The number of nitriles is 1. The van der Waals surface area contributed by atoms with Gasteiger partial charge < -0.3 is 10.2 Å². The Hall–Kier alpha value is -2.29. The van der Waals surface area contributed by atoms with E-state index in [0.717, 1.165) is 0 Å². The minimum Gasteiger partial charge on any atom is -0.357 e. The Morgan fingerprint density at radius 1 is 1.30 bits per heavy atom. The Morgan fingerprint density at radius 2 is 2.13 bits per heavy atom. The fourth-order valence-corrected chi connectivity index (χ4v) is 2.79. The Balaban J connectivity index is 1.79. The van der Waals surface area contributed by atoms with Gasteiger partial charge in [0.1, 0.15) is 17.9 Å². The van der Waals surface area contributed by atoms with Crippen molar-refractivity contribution >= 4 is 40.6 Å². The van der Waals surface area contributed by atoms with Crippen LogP contribution in [0, 0.1) is 11.3 Å². The SMILES string of the molecule is N#Cc1cccnc1NC1CCN(c2ccc(Cl)c(Cl)c2)C1=O. The lowest BCUT2D eigenvalue weighted by Gasteiger charge is -2.18. The molecule has 1 unspecified atom stereocenters. The molecule has 0 spiro atoms. The molecule has 7 heteroatoms. The number of halogens is 2. The fraction of sp³-hybridized carbons (Fsp3) is 0.188. The Kier molecular flexibility index (Phi) is 4.37. The standard InChI is InChI=1S/C16H12Cl2N4O/c17-12-4-3-11(8-13(12)18)22-7-5-14(16(22)23)21-15-10(9-19)2-1-6-20-15/h1-4,6,8,14H,5,7H2,(H,20,21). The number of carbonyl (C=O) groups excluding carboxylic acids is 1. The van der Waals surface area contributed by atoms with Crippen molar-refractivity contribution in [2.24, 2.45) is 0 Å². The van der Waals surface area contributed by atoms with Crippen LogP contribution in [0.2, 0.25) is 10.0 Å². The van der Waals surface area contributed by atoms with E-state index in [2.05, 4.69) is 16.4 Å². The van der Waals surface area contributed by atoms with Crippen molar-refractivity contribution in [3.63, 3.8) is 0 Å². The molecule has 0 bridgehead atoms. The molecule has 1 fully saturated rings. The van der Waals surface area contributed by atoms with E-state index >= 15 is 0 Å². The van der Waals surface area contributed by atoms with E-state index in [1.54, 1.807) is 41.4 Å². The third-order valence-corrected chi connectivity index (χ3v) is 4.40. The average Bonchev–Trinajstić information content (AvgIpc) is 2.92. The van der Waals surface area contributed by atoms with Gasteiger partial charge >= 0.3 is 0 Å². The number of hydrogen-bond donors (Lipinski definition) is 1. The van der Waals surface area contributed by atoms with Crippen LogP contribution in [0.25, 0.3) is 0 Å². The third-order valence-electron chi connectivity index (χ3n) is 3.66. The monoisotopic (exact) mass is 346 g/mol. The molecule has 3 rings (SSSR count). The number of nitrogens with zero attached hydrogens (tertiary/aromatic N) is 3. The first-order valence-electron chi connectivity index (χ1n) is 6.98. The summed E-state index contributed by atoms with van der Waals surface area (Å²) in [5.74, 6) is 0.335. The first-order chi connectivity index (χ1) is 11.1. The molecule has 1 atom stereocenters. The maximum absolute atomic E-state index is 12.6. The fourth-order valence-electron chi connectivity index (χ4n) is 2.50. The van der Waals surface area contributed by atoms with Gasteiger partial charge in [-0.3, -0.25) is 4.79 Å². The van der Waals surface area contributed by atoms with Crippen LogP contribution < -0.4 is 10.2 Å². The molecule has 23 heavy (non-hydrogen) atoms. The minimum absolute atomic E-state index is 0.0852. The molecule has 0 saturated carbocycles. The molecule has 1 N–H and O–H groups in total. The number of benzene rings is 1. The van der Waals surface area contributed by atoms with Crippen molar-refractivity contribution in [1.82, 2.24) is 4.98 Å². The quantitative estimate of drug-likeness (QED) is 0.923. The van der Waals surface area contributed by atoms with Gasteiger partial charge in [0, 0.05) is 18.4 Å². The van der Waals surface area contributed by atoms with Crippen LogP contribution >= 0.6 is 23.2 Å². The van der Waals surface area contributed by atoms with Crippen molar-refractivity contribution in [1.29, 1.82) is 5.26 Å². The van der Waals surface area contributed by atoms with Crippen LogP contribution in [-0.2, 0) is 4.79 Å². The van der Waals surface area contributed by atoms with E-state index in [0.29, 0.717) is 40.1 Å². The number of pyridine rings is 1. The number of aromatic nitrogens is 1. The topological polar surface area (TPSA) is 69.0 Å². The van der Waals surface area contributed by atoms with Gasteiger partial charge in [-0.1, -0.05) is 23.2 Å². The molecule has 1 saturated heterocycles. The van der Waals surface area contributed by atoms with Crippen LogP contribution in [0.1, 0.15) is 12.0 Å². The largest absolute Gasteiger partial charge is 0.357 e. The van der Waals surface area contributed by atoms with E-state index in [4.69, 9.17) is 28.5 Å². The number of rotatable bonds is 3. The van der Waals surface area contributed by atoms with Crippen LogP contribution in [0.3, 0.4) is 0 Å². The van der Waals surface area contributed by atoms with Gasteiger partial charge in [-0.05, 0) is 36.8 Å². The highest BCUT2D eigenvalue weighted by atomic mass is 35.5. The summed E-state index contributed by atoms with van der Waals surface area (Å²) in [6.45, 7) is 0.559. The molecule has 1 aromatic carbocycles. The highest BCUT2D eigenvalue weighted by Gasteiger charge is 2.33. The second-order valence-electron chi connectivity index (χ2n) is 5.09.